The van der Waals surface area contributed by atoms with E-state index >= 15 is 0 Å². The van der Waals surface area contributed by atoms with Crippen molar-refractivity contribution >= 4 is 17.9 Å². The lowest BCUT2D eigenvalue weighted by Crippen LogP contribution is -2.42. The van der Waals surface area contributed by atoms with Crippen molar-refractivity contribution in [2.24, 2.45) is 11.8 Å². The maximum atomic E-state index is 13.7. The van der Waals surface area contributed by atoms with Crippen LogP contribution in [-0.2, 0) is 22.4 Å². The zero-order valence-corrected chi connectivity index (χ0v) is 17.4. The van der Waals surface area contributed by atoms with E-state index in [-0.39, 0.29) is 50.7 Å². The standard InChI is InChI=1S/C23H25F2N3O4/c24-19-7-3-1-5-15(19)9-11-26-21(29)17-13-28(23(31)32)14-18(17)22(30)27-12-10-16-6-2-4-8-20(16)25/h1-8,17-18H,9-14H2,(H,26,29)(H,27,30)(H,31,32)/t17-,18-/m1/s1. The van der Waals surface area contributed by atoms with E-state index in [0.29, 0.717) is 11.1 Å². The molecule has 0 aromatic heterocycles. The number of nitrogens with zero attached hydrogens (tertiary/aromatic N) is 1. The van der Waals surface area contributed by atoms with Gasteiger partial charge in [-0.3, -0.25) is 9.59 Å². The van der Waals surface area contributed by atoms with Gasteiger partial charge in [-0.05, 0) is 36.1 Å². The van der Waals surface area contributed by atoms with Crippen LogP contribution in [0.15, 0.2) is 48.5 Å². The molecule has 0 bridgehead atoms. The number of likely N-dealkylation sites (tertiary alicyclic amines) is 1. The molecule has 0 unspecified atom stereocenters. The highest BCUT2D eigenvalue weighted by atomic mass is 19.1. The molecule has 9 heteroatoms. The summed E-state index contributed by atoms with van der Waals surface area (Å²) in [4.78, 5) is 37.8. The number of benzene rings is 2. The van der Waals surface area contributed by atoms with Gasteiger partial charge in [0.25, 0.3) is 0 Å². The average molecular weight is 445 g/mol. The van der Waals surface area contributed by atoms with Crippen LogP contribution in [0.3, 0.4) is 0 Å². The molecule has 7 nitrogen and oxygen atoms in total. The minimum absolute atomic E-state index is 0.105. The highest BCUT2D eigenvalue weighted by Gasteiger charge is 2.43. The maximum Gasteiger partial charge on any atom is 0.407 e. The first-order valence-corrected chi connectivity index (χ1v) is 10.4. The highest BCUT2D eigenvalue weighted by molar-refractivity contribution is 5.89. The number of carboxylic acid groups (broad SMARTS) is 1. The number of amides is 3. The minimum atomic E-state index is -1.21. The molecule has 3 amide bonds. The summed E-state index contributed by atoms with van der Waals surface area (Å²) in [6, 6.07) is 12.5. The number of hydrogen-bond acceptors (Lipinski definition) is 3. The predicted octanol–water partition coefficient (Wildman–Crippen LogP) is 2.21. The van der Waals surface area contributed by atoms with Crippen LogP contribution in [0.2, 0.25) is 0 Å². The molecule has 3 N–H and O–H groups in total. The Morgan fingerprint density at radius 3 is 1.59 bits per heavy atom. The first kappa shape index (κ1) is 23.2. The second kappa shape index (κ2) is 10.7. The van der Waals surface area contributed by atoms with Crippen LogP contribution in [0.4, 0.5) is 13.6 Å². The normalized spacial score (nSPS) is 17.8. The van der Waals surface area contributed by atoms with Crippen LogP contribution < -0.4 is 10.6 Å². The monoisotopic (exact) mass is 445 g/mol. The first-order chi connectivity index (χ1) is 15.4. The van der Waals surface area contributed by atoms with Gasteiger partial charge in [0.15, 0.2) is 0 Å². The van der Waals surface area contributed by atoms with Gasteiger partial charge in [-0.15, -0.1) is 0 Å². The van der Waals surface area contributed by atoms with Crippen molar-refractivity contribution in [2.45, 2.75) is 12.8 Å². The van der Waals surface area contributed by atoms with E-state index in [2.05, 4.69) is 10.6 Å². The summed E-state index contributed by atoms with van der Waals surface area (Å²) in [7, 11) is 0. The van der Waals surface area contributed by atoms with Crippen molar-refractivity contribution in [3.8, 4) is 0 Å². The highest BCUT2D eigenvalue weighted by Crippen LogP contribution is 2.24. The lowest BCUT2D eigenvalue weighted by atomic mass is 9.94. The van der Waals surface area contributed by atoms with E-state index in [4.69, 9.17) is 0 Å². The largest absolute Gasteiger partial charge is 0.465 e. The molecule has 1 fully saturated rings. The summed E-state index contributed by atoms with van der Waals surface area (Å²) in [6.07, 6.45) is -0.670. The molecule has 0 saturated carbocycles. The number of carbonyl (C=O) groups excluding carboxylic acids is 2. The van der Waals surface area contributed by atoms with E-state index in [0.717, 1.165) is 4.90 Å². The molecule has 32 heavy (non-hydrogen) atoms. The SMILES string of the molecule is O=C(NCCc1ccccc1F)[C@@H]1CN(C(=O)O)C[C@H]1C(=O)NCCc1ccccc1F. The number of carbonyl (C=O) groups is 3. The van der Waals surface area contributed by atoms with Crippen molar-refractivity contribution in [2.75, 3.05) is 26.2 Å². The summed E-state index contributed by atoms with van der Waals surface area (Å²) in [5.41, 5.74) is 0.905. The number of nitrogens with one attached hydrogen (secondary N) is 2. The zero-order chi connectivity index (χ0) is 23.1. The van der Waals surface area contributed by atoms with Crippen molar-refractivity contribution in [1.29, 1.82) is 0 Å². The summed E-state index contributed by atoms with van der Waals surface area (Å²) in [5.74, 6) is -3.38. The molecular weight excluding hydrogens is 420 g/mol. The molecule has 0 spiro atoms. The molecule has 2 aromatic carbocycles. The number of halogens is 2. The third kappa shape index (κ3) is 5.81. The van der Waals surface area contributed by atoms with E-state index in [1.54, 1.807) is 36.4 Å². The molecule has 1 heterocycles. The van der Waals surface area contributed by atoms with Gasteiger partial charge in [0.2, 0.25) is 11.8 Å². The Labute approximate surface area is 184 Å². The quantitative estimate of drug-likeness (QED) is 0.580. The van der Waals surface area contributed by atoms with Gasteiger partial charge in [-0.1, -0.05) is 36.4 Å². The molecule has 1 aliphatic heterocycles. The second-order valence-electron chi connectivity index (χ2n) is 7.67. The summed E-state index contributed by atoms with van der Waals surface area (Å²) >= 11 is 0. The third-order valence-electron chi connectivity index (χ3n) is 5.57. The summed E-state index contributed by atoms with van der Waals surface area (Å²) in [5, 5.41) is 14.7. The molecular formula is C23H25F2N3O4. The molecule has 170 valence electrons. The lowest BCUT2D eigenvalue weighted by Gasteiger charge is -2.17. The molecule has 2 aromatic rings. The van der Waals surface area contributed by atoms with E-state index in [9.17, 15) is 28.3 Å². The van der Waals surface area contributed by atoms with Crippen LogP contribution in [0.5, 0.6) is 0 Å². The van der Waals surface area contributed by atoms with Gasteiger partial charge in [0.1, 0.15) is 11.6 Å². The smallest absolute Gasteiger partial charge is 0.407 e. The lowest BCUT2D eigenvalue weighted by molar-refractivity contribution is -0.132. The predicted molar refractivity (Wildman–Crippen MR) is 113 cm³/mol. The van der Waals surface area contributed by atoms with Gasteiger partial charge >= 0.3 is 6.09 Å². The molecule has 1 saturated heterocycles. The van der Waals surface area contributed by atoms with Gasteiger partial charge in [0.05, 0.1) is 11.8 Å². The van der Waals surface area contributed by atoms with Crippen molar-refractivity contribution in [1.82, 2.24) is 15.5 Å². The Kier molecular flexibility index (Phi) is 7.75. The second-order valence-corrected chi connectivity index (χ2v) is 7.67. The Bertz CT molecular complexity index is 914. The van der Waals surface area contributed by atoms with E-state index in [1.165, 1.54) is 12.1 Å². The number of rotatable bonds is 8. The maximum absolute atomic E-state index is 13.7. The van der Waals surface area contributed by atoms with Crippen LogP contribution in [0.25, 0.3) is 0 Å². The van der Waals surface area contributed by atoms with Gasteiger partial charge in [-0.25, -0.2) is 13.6 Å². The van der Waals surface area contributed by atoms with Crippen molar-refractivity contribution in [3.05, 3.63) is 71.3 Å². The van der Waals surface area contributed by atoms with E-state index < -0.39 is 29.7 Å². The fourth-order valence-corrected chi connectivity index (χ4v) is 3.80. The summed E-state index contributed by atoms with van der Waals surface area (Å²) < 4.78 is 27.5. The molecule has 1 aliphatic rings. The van der Waals surface area contributed by atoms with Crippen molar-refractivity contribution < 1.29 is 28.3 Å². The van der Waals surface area contributed by atoms with Crippen LogP contribution >= 0.6 is 0 Å². The van der Waals surface area contributed by atoms with Gasteiger partial charge < -0.3 is 20.6 Å². The molecule has 2 atom stereocenters. The fourth-order valence-electron chi connectivity index (χ4n) is 3.80. The average Bonchev–Trinajstić information content (AvgIpc) is 3.22. The zero-order valence-electron chi connectivity index (χ0n) is 17.4. The topological polar surface area (TPSA) is 98.7 Å². The Balaban J connectivity index is 1.56. The molecule has 0 aliphatic carbocycles. The Morgan fingerprint density at radius 2 is 1.22 bits per heavy atom. The first-order valence-electron chi connectivity index (χ1n) is 10.4. The van der Waals surface area contributed by atoms with Crippen LogP contribution in [0.1, 0.15) is 11.1 Å². The summed E-state index contributed by atoms with van der Waals surface area (Å²) in [6.45, 7) is 0.106. The van der Waals surface area contributed by atoms with Crippen LogP contribution in [-0.4, -0.2) is 54.1 Å². The van der Waals surface area contributed by atoms with Crippen LogP contribution in [0, 0.1) is 23.5 Å². The van der Waals surface area contributed by atoms with Gasteiger partial charge in [0, 0.05) is 26.2 Å². The van der Waals surface area contributed by atoms with Gasteiger partial charge in [-0.2, -0.15) is 0 Å². The molecule has 3 rings (SSSR count). The van der Waals surface area contributed by atoms with Crippen molar-refractivity contribution in [3.63, 3.8) is 0 Å². The fraction of sp³-hybridized carbons (Fsp3) is 0.348. The molecule has 0 radical (unpaired) electrons. The third-order valence-corrected chi connectivity index (χ3v) is 5.57. The van der Waals surface area contributed by atoms with E-state index in [1.807, 2.05) is 0 Å². The Hall–Kier alpha value is -3.49. The number of hydrogen-bond donors (Lipinski definition) is 3. The minimum Gasteiger partial charge on any atom is -0.465 e. The Morgan fingerprint density at radius 1 is 0.812 bits per heavy atom.